The van der Waals surface area contributed by atoms with E-state index in [1.54, 1.807) is 17.0 Å². The van der Waals surface area contributed by atoms with Gasteiger partial charge in [0, 0.05) is 38.8 Å². The minimum Gasteiger partial charge on any atom is -0.444 e. The van der Waals surface area contributed by atoms with Crippen LogP contribution in [0.1, 0.15) is 48.6 Å². The van der Waals surface area contributed by atoms with Crippen LogP contribution in [0.2, 0.25) is 0 Å². The fourth-order valence-corrected chi connectivity index (χ4v) is 4.24. The average molecular weight is 532 g/mol. The molecule has 206 valence electrons. The van der Waals surface area contributed by atoms with E-state index in [1.807, 2.05) is 58.0 Å². The van der Waals surface area contributed by atoms with Gasteiger partial charge in [0.15, 0.2) is 0 Å². The third kappa shape index (κ3) is 8.08. The zero-order valence-electron chi connectivity index (χ0n) is 22.6. The minimum absolute atomic E-state index is 0.0469. The van der Waals surface area contributed by atoms with Crippen molar-refractivity contribution in [2.24, 2.45) is 0 Å². The number of carbonyl (C=O) groups is 2. The molecule has 38 heavy (non-hydrogen) atoms. The van der Waals surface area contributed by atoms with Crippen LogP contribution in [0.25, 0.3) is 6.08 Å². The second kappa shape index (κ2) is 12.0. The maximum absolute atomic E-state index is 13.6. The summed E-state index contributed by atoms with van der Waals surface area (Å²) < 4.78 is 46.2. The highest BCUT2D eigenvalue weighted by Gasteiger charge is 2.33. The maximum Gasteiger partial charge on any atom is 0.416 e. The Morgan fingerprint density at radius 1 is 1.03 bits per heavy atom. The van der Waals surface area contributed by atoms with Gasteiger partial charge in [-0.2, -0.15) is 13.2 Å². The number of hydrogen-bond donors (Lipinski definition) is 0. The van der Waals surface area contributed by atoms with Gasteiger partial charge in [0.2, 0.25) is 5.91 Å². The van der Waals surface area contributed by atoms with E-state index < -0.39 is 23.4 Å². The summed E-state index contributed by atoms with van der Waals surface area (Å²) in [6.07, 6.45) is -1.17. The van der Waals surface area contributed by atoms with Gasteiger partial charge in [0.1, 0.15) is 5.60 Å². The number of rotatable bonds is 7. The standard InChI is InChI=1S/C29H36F3N3O3/c1-28(2,3)38-27(37)35-16-15-22-11-8-10-21(24(22)20-35)13-14-26(36)34(18-17-33(4)5)19-23-9-6-7-12-25(23)29(30,31)32/h6-14H,15-20H2,1-5H3/b14-13+. The molecule has 0 unspecified atom stereocenters. The zero-order valence-corrected chi connectivity index (χ0v) is 22.6. The minimum atomic E-state index is -4.51. The normalized spacial score (nSPS) is 14.1. The topological polar surface area (TPSA) is 53.1 Å². The molecule has 0 aliphatic carbocycles. The molecule has 2 amide bonds. The first kappa shape index (κ1) is 29.2. The number of fused-ring (bicyclic) bond motifs is 1. The zero-order chi connectivity index (χ0) is 28.1. The molecule has 2 aromatic rings. The molecular weight excluding hydrogens is 495 g/mol. The summed E-state index contributed by atoms with van der Waals surface area (Å²) in [5, 5.41) is 0. The molecule has 6 nitrogen and oxygen atoms in total. The van der Waals surface area contributed by atoms with Gasteiger partial charge in [-0.1, -0.05) is 36.4 Å². The highest BCUT2D eigenvalue weighted by molar-refractivity contribution is 5.92. The molecule has 0 fully saturated rings. The molecule has 0 bridgehead atoms. The molecular formula is C29H36F3N3O3. The number of hydrogen-bond acceptors (Lipinski definition) is 4. The van der Waals surface area contributed by atoms with Crippen molar-refractivity contribution in [3.05, 3.63) is 76.4 Å². The van der Waals surface area contributed by atoms with E-state index in [2.05, 4.69) is 0 Å². The number of nitrogens with zero attached hydrogens (tertiary/aromatic N) is 3. The van der Waals surface area contributed by atoms with Crippen molar-refractivity contribution >= 4 is 18.1 Å². The molecule has 0 saturated carbocycles. The van der Waals surface area contributed by atoms with Crippen molar-refractivity contribution in [3.63, 3.8) is 0 Å². The average Bonchev–Trinajstić information content (AvgIpc) is 2.83. The number of ether oxygens (including phenoxy) is 1. The van der Waals surface area contributed by atoms with E-state index in [1.165, 1.54) is 23.1 Å². The van der Waals surface area contributed by atoms with E-state index in [9.17, 15) is 22.8 Å². The molecule has 0 spiro atoms. The summed E-state index contributed by atoms with van der Waals surface area (Å²) in [7, 11) is 3.68. The Bertz CT molecular complexity index is 1170. The highest BCUT2D eigenvalue weighted by Crippen LogP contribution is 2.32. The molecule has 0 radical (unpaired) electrons. The molecule has 0 saturated heterocycles. The van der Waals surface area contributed by atoms with Crippen molar-refractivity contribution in [2.45, 2.75) is 52.1 Å². The van der Waals surface area contributed by atoms with Gasteiger partial charge in [0.25, 0.3) is 0 Å². The van der Waals surface area contributed by atoms with Gasteiger partial charge in [-0.15, -0.1) is 0 Å². The third-order valence-electron chi connectivity index (χ3n) is 6.18. The molecule has 0 aromatic heterocycles. The summed E-state index contributed by atoms with van der Waals surface area (Å²) in [6, 6.07) is 11.1. The molecule has 2 aromatic carbocycles. The van der Waals surface area contributed by atoms with E-state index in [4.69, 9.17) is 4.74 Å². The van der Waals surface area contributed by atoms with Crippen molar-refractivity contribution in [1.82, 2.24) is 14.7 Å². The van der Waals surface area contributed by atoms with Crippen LogP contribution in [0, 0.1) is 0 Å². The fraction of sp³-hybridized carbons (Fsp3) is 0.448. The molecule has 9 heteroatoms. The molecule has 3 rings (SSSR count). The lowest BCUT2D eigenvalue weighted by molar-refractivity contribution is -0.139. The van der Waals surface area contributed by atoms with Gasteiger partial charge in [-0.05, 0) is 75.7 Å². The van der Waals surface area contributed by atoms with Crippen molar-refractivity contribution in [1.29, 1.82) is 0 Å². The third-order valence-corrected chi connectivity index (χ3v) is 6.18. The number of alkyl halides is 3. The van der Waals surface area contributed by atoms with Crippen molar-refractivity contribution in [3.8, 4) is 0 Å². The molecule has 1 aliphatic rings. The van der Waals surface area contributed by atoms with Gasteiger partial charge < -0.3 is 19.4 Å². The van der Waals surface area contributed by atoms with Gasteiger partial charge in [-0.25, -0.2) is 4.79 Å². The van der Waals surface area contributed by atoms with E-state index in [0.29, 0.717) is 26.1 Å². The molecule has 1 heterocycles. The second-order valence-electron chi connectivity index (χ2n) is 10.7. The number of benzene rings is 2. The van der Waals surface area contributed by atoms with E-state index in [-0.39, 0.29) is 24.6 Å². The summed E-state index contributed by atoms with van der Waals surface area (Å²) in [4.78, 5) is 30.8. The molecule has 0 atom stereocenters. The Kier molecular flexibility index (Phi) is 9.25. The number of likely N-dealkylation sites (N-methyl/N-ethyl adjacent to an activating group) is 1. The molecule has 0 N–H and O–H groups in total. The summed E-state index contributed by atoms with van der Waals surface area (Å²) >= 11 is 0. The predicted octanol–water partition coefficient (Wildman–Crippen LogP) is 5.60. The van der Waals surface area contributed by atoms with Crippen LogP contribution < -0.4 is 0 Å². The fourth-order valence-electron chi connectivity index (χ4n) is 4.24. The van der Waals surface area contributed by atoms with Crippen LogP contribution >= 0.6 is 0 Å². The predicted molar refractivity (Wildman–Crippen MR) is 141 cm³/mol. The van der Waals surface area contributed by atoms with Crippen LogP contribution in [0.4, 0.5) is 18.0 Å². The lowest BCUT2D eigenvalue weighted by Gasteiger charge is -2.32. The first-order valence-electron chi connectivity index (χ1n) is 12.6. The van der Waals surface area contributed by atoms with E-state index >= 15 is 0 Å². The lowest BCUT2D eigenvalue weighted by atomic mass is 9.94. The van der Waals surface area contributed by atoms with Crippen molar-refractivity contribution < 1.29 is 27.5 Å². The second-order valence-corrected chi connectivity index (χ2v) is 10.7. The van der Waals surface area contributed by atoms with Gasteiger partial charge in [-0.3, -0.25) is 4.79 Å². The Morgan fingerprint density at radius 3 is 2.39 bits per heavy atom. The smallest absolute Gasteiger partial charge is 0.416 e. The van der Waals surface area contributed by atoms with Crippen LogP contribution in [-0.2, 0) is 35.2 Å². The Hall–Kier alpha value is -3.33. The number of halogens is 3. The van der Waals surface area contributed by atoms with Crippen LogP contribution in [0.15, 0.2) is 48.5 Å². The Morgan fingerprint density at radius 2 is 1.74 bits per heavy atom. The summed E-state index contributed by atoms with van der Waals surface area (Å²) in [5.74, 6) is -0.388. The first-order chi connectivity index (χ1) is 17.7. The first-order valence-corrected chi connectivity index (χ1v) is 12.6. The SMILES string of the molecule is CN(C)CCN(Cc1ccccc1C(F)(F)F)C(=O)/C=C/c1cccc2c1CN(C(=O)OC(C)(C)C)CC2. The van der Waals surface area contributed by atoms with Crippen molar-refractivity contribution in [2.75, 3.05) is 33.7 Å². The summed E-state index contributed by atoms with van der Waals surface area (Å²) in [6.45, 7) is 6.94. The Labute approximate surface area is 222 Å². The Balaban J connectivity index is 1.83. The monoisotopic (exact) mass is 531 g/mol. The quantitative estimate of drug-likeness (QED) is 0.437. The molecule has 1 aliphatic heterocycles. The van der Waals surface area contributed by atoms with Gasteiger partial charge in [0.05, 0.1) is 5.56 Å². The number of carbonyl (C=O) groups excluding carboxylic acids is 2. The maximum atomic E-state index is 13.6. The van der Waals surface area contributed by atoms with E-state index in [0.717, 1.165) is 22.8 Å². The van der Waals surface area contributed by atoms with Crippen LogP contribution in [0.5, 0.6) is 0 Å². The number of amides is 2. The van der Waals surface area contributed by atoms with Crippen LogP contribution in [0.3, 0.4) is 0 Å². The largest absolute Gasteiger partial charge is 0.444 e. The lowest BCUT2D eigenvalue weighted by Crippen LogP contribution is -2.40. The summed E-state index contributed by atoms with van der Waals surface area (Å²) in [5.41, 5.74) is 1.49. The highest BCUT2D eigenvalue weighted by atomic mass is 19.4. The van der Waals surface area contributed by atoms with Gasteiger partial charge >= 0.3 is 12.3 Å². The van der Waals surface area contributed by atoms with Crippen LogP contribution in [-0.4, -0.2) is 66.0 Å².